The summed E-state index contributed by atoms with van der Waals surface area (Å²) >= 11 is 0. The highest BCUT2D eigenvalue weighted by Gasteiger charge is 2.55. The van der Waals surface area contributed by atoms with Gasteiger partial charge in [0.15, 0.2) is 0 Å². The van der Waals surface area contributed by atoms with E-state index in [4.69, 9.17) is 0 Å². The van der Waals surface area contributed by atoms with E-state index >= 15 is 0 Å². The lowest BCUT2D eigenvalue weighted by Crippen LogP contribution is -2.54. The summed E-state index contributed by atoms with van der Waals surface area (Å²) < 4.78 is 0. The predicted molar refractivity (Wildman–Crippen MR) is 110 cm³/mol. The molecule has 156 valence electrons. The average molecular weight is 398 g/mol. The van der Waals surface area contributed by atoms with Gasteiger partial charge in [-0.1, -0.05) is 62.9 Å². The van der Waals surface area contributed by atoms with Gasteiger partial charge in [-0.2, -0.15) is 0 Å². The lowest BCUT2D eigenvalue weighted by molar-refractivity contribution is -0.137. The van der Waals surface area contributed by atoms with Gasteiger partial charge in [-0.25, -0.2) is 4.79 Å². The molecule has 2 aliphatic carbocycles. The largest absolute Gasteiger partial charge is 0.354 e. The van der Waals surface area contributed by atoms with E-state index < -0.39 is 11.6 Å². The van der Waals surface area contributed by atoms with Crippen LogP contribution >= 0.6 is 0 Å². The van der Waals surface area contributed by atoms with Crippen LogP contribution < -0.4 is 10.6 Å². The molecule has 6 nitrogen and oxygen atoms in total. The van der Waals surface area contributed by atoms with Gasteiger partial charge >= 0.3 is 6.03 Å². The SMILES string of the molecule is CC1CCCCC12NC(=O)N(CC(=O)NCC1(c3ccccc3)CCCC1)C2=O. The summed E-state index contributed by atoms with van der Waals surface area (Å²) in [6.07, 6.45) is 7.97. The fourth-order valence-corrected chi connectivity index (χ4v) is 5.52. The smallest absolute Gasteiger partial charge is 0.325 e. The monoisotopic (exact) mass is 397 g/mol. The molecule has 2 unspecified atom stereocenters. The maximum Gasteiger partial charge on any atom is 0.325 e. The van der Waals surface area contributed by atoms with Crippen LogP contribution in [0.3, 0.4) is 0 Å². The number of nitrogens with zero attached hydrogens (tertiary/aromatic N) is 1. The van der Waals surface area contributed by atoms with E-state index in [2.05, 4.69) is 22.8 Å². The minimum atomic E-state index is -0.813. The van der Waals surface area contributed by atoms with Crippen LogP contribution in [0.1, 0.15) is 63.9 Å². The van der Waals surface area contributed by atoms with Crippen LogP contribution in [-0.2, 0) is 15.0 Å². The van der Waals surface area contributed by atoms with Crippen LogP contribution in [0.2, 0.25) is 0 Å². The third-order valence-electron chi connectivity index (χ3n) is 7.37. The summed E-state index contributed by atoms with van der Waals surface area (Å²) in [6, 6.07) is 9.90. The van der Waals surface area contributed by atoms with Gasteiger partial charge in [-0.05, 0) is 37.2 Å². The first-order chi connectivity index (χ1) is 14.0. The molecule has 4 rings (SSSR count). The normalized spacial score (nSPS) is 28.6. The van der Waals surface area contributed by atoms with Crippen molar-refractivity contribution in [3.8, 4) is 0 Å². The third-order valence-corrected chi connectivity index (χ3v) is 7.37. The number of hydrogen-bond acceptors (Lipinski definition) is 3. The lowest BCUT2D eigenvalue weighted by atomic mass is 9.73. The van der Waals surface area contributed by atoms with Crippen molar-refractivity contribution < 1.29 is 14.4 Å². The second-order valence-electron chi connectivity index (χ2n) is 9.07. The fourth-order valence-electron chi connectivity index (χ4n) is 5.52. The average Bonchev–Trinajstić information content (AvgIpc) is 3.30. The highest BCUT2D eigenvalue weighted by atomic mass is 16.2. The molecule has 2 N–H and O–H groups in total. The Morgan fingerprint density at radius 2 is 1.79 bits per heavy atom. The van der Waals surface area contributed by atoms with Crippen molar-refractivity contribution in [2.45, 2.75) is 69.2 Å². The number of benzene rings is 1. The molecular weight excluding hydrogens is 366 g/mol. The molecule has 1 aliphatic heterocycles. The van der Waals surface area contributed by atoms with E-state index in [0.29, 0.717) is 13.0 Å². The predicted octanol–water partition coefficient (Wildman–Crippen LogP) is 3.12. The van der Waals surface area contributed by atoms with Gasteiger partial charge in [-0.15, -0.1) is 0 Å². The summed E-state index contributed by atoms with van der Waals surface area (Å²) in [4.78, 5) is 39.3. The molecule has 1 aromatic carbocycles. The Kier molecular flexibility index (Phi) is 5.36. The molecule has 3 aliphatic rings. The maximum absolute atomic E-state index is 13.0. The number of carbonyl (C=O) groups excluding carboxylic acids is 3. The quantitative estimate of drug-likeness (QED) is 0.750. The molecule has 1 aromatic rings. The zero-order chi connectivity index (χ0) is 20.5. The molecule has 1 spiro atoms. The Bertz CT molecular complexity index is 788. The van der Waals surface area contributed by atoms with Gasteiger partial charge in [0.25, 0.3) is 5.91 Å². The number of rotatable bonds is 5. The second-order valence-corrected chi connectivity index (χ2v) is 9.07. The minimum absolute atomic E-state index is 0.0483. The summed E-state index contributed by atoms with van der Waals surface area (Å²) in [7, 11) is 0. The number of carbonyl (C=O) groups is 3. The molecule has 2 atom stereocenters. The van der Waals surface area contributed by atoms with Crippen LogP contribution in [0.5, 0.6) is 0 Å². The van der Waals surface area contributed by atoms with Crippen molar-refractivity contribution in [1.29, 1.82) is 0 Å². The van der Waals surface area contributed by atoms with Gasteiger partial charge in [-0.3, -0.25) is 14.5 Å². The van der Waals surface area contributed by atoms with Crippen LogP contribution in [0.4, 0.5) is 4.79 Å². The number of urea groups is 1. The van der Waals surface area contributed by atoms with E-state index in [9.17, 15) is 14.4 Å². The lowest BCUT2D eigenvalue weighted by Gasteiger charge is -2.36. The van der Waals surface area contributed by atoms with E-state index in [0.717, 1.165) is 49.8 Å². The van der Waals surface area contributed by atoms with Crippen LogP contribution in [-0.4, -0.2) is 41.4 Å². The Balaban J connectivity index is 1.41. The molecule has 2 saturated carbocycles. The Labute approximate surface area is 172 Å². The first-order valence-corrected chi connectivity index (χ1v) is 10.9. The van der Waals surface area contributed by atoms with Gasteiger partial charge in [0.2, 0.25) is 5.91 Å². The molecule has 0 bridgehead atoms. The molecule has 0 radical (unpaired) electrons. The molecule has 1 saturated heterocycles. The first-order valence-electron chi connectivity index (χ1n) is 10.9. The van der Waals surface area contributed by atoms with Crippen LogP contribution in [0.25, 0.3) is 0 Å². The van der Waals surface area contributed by atoms with Gasteiger partial charge in [0.1, 0.15) is 12.1 Å². The highest BCUT2D eigenvalue weighted by Crippen LogP contribution is 2.41. The molecular formula is C23H31N3O3. The molecule has 1 heterocycles. The summed E-state index contributed by atoms with van der Waals surface area (Å²) in [5.74, 6) is -0.402. The standard InChI is InChI=1S/C23H31N3O3/c1-17-9-5-6-14-23(17)20(28)26(21(29)25-23)15-19(27)24-16-22(12-7-8-13-22)18-10-3-2-4-11-18/h2-4,10-11,17H,5-9,12-16H2,1H3,(H,24,27)(H,25,29). The highest BCUT2D eigenvalue weighted by molar-refractivity contribution is 6.09. The van der Waals surface area contributed by atoms with Crippen LogP contribution in [0, 0.1) is 5.92 Å². The maximum atomic E-state index is 13.0. The number of hydrogen-bond donors (Lipinski definition) is 2. The third kappa shape index (κ3) is 3.53. The minimum Gasteiger partial charge on any atom is -0.354 e. The summed E-state index contributed by atoms with van der Waals surface area (Å²) in [5, 5.41) is 5.93. The summed E-state index contributed by atoms with van der Waals surface area (Å²) in [6.45, 7) is 2.36. The first kappa shape index (κ1) is 19.9. The zero-order valence-electron chi connectivity index (χ0n) is 17.2. The Hall–Kier alpha value is -2.37. The molecule has 4 amide bonds. The van der Waals surface area contributed by atoms with Crippen molar-refractivity contribution in [2.24, 2.45) is 5.92 Å². The number of imide groups is 1. The van der Waals surface area contributed by atoms with E-state index in [-0.39, 0.29) is 29.7 Å². The molecule has 3 fully saturated rings. The molecule has 29 heavy (non-hydrogen) atoms. The van der Waals surface area contributed by atoms with Crippen molar-refractivity contribution in [3.63, 3.8) is 0 Å². The Morgan fingerprint density at radius 1 is 1.10 bits per heavy atom. The van der Waals surface area contributed by atoms with E-state index in [1.807, 2.05) is 25.1 Å². The van der Waals surface area contributed by atoms with Gasteiger partial charge in [0, 0.05) is 12.0 Å². The Morgan fingerprint density at radius 3 is 2.48 bits per heavy atom. The van der Waals surface area contributed by atoms with Crippen LogP contribution in [0.15, 0.2) is 30.3 Å². The van der Waals surface area contributed by atoms with Crippen molar-refractivity contribution in [1.82, 2.24) is 15.5 Å². The fraction of sp³-hybridized carbons (Fsp3) is 0.609. The molecule has 0 aromatic heterocycles. The van der Waals surface area contributed by atoms with Gasteiger partial charge < -0.3 is 10.6 Å². The van der Waals surface area contributed by atoms with Gasteiger partial charge in [0.05, 0.1) is 0 Å². The van der Waals surface area contributed by atoms with Crippen molar-refractivity contribution in [2.75, 3.05) is 13.1 Å². The number of amides is 4. The zero-order valence-corrected chi connectivity index (χ0v) is 17.2. The second kappa shape index (κ2) is 7.81. The van der Waals surface area contributed by atoms with Crippen molar-refractivity contribution in [3.05, 3.63) is 35.9 Å². The number of nitrogens with one attached hydrogen (secondary N) is 2. The molecule has 6 heteroatoms. The van der Waals surface area contributed by atoms with E-state index in [1.54, 1.807) is 0 Å². The topological polar surface area (TPSA) is 78.5 Å². The van der Waals surface area contributed by atoms with Crippen molar-refractivity contribution >= 4 is 17.8 Å². The summed E-state index contributed by atoms with van der Waals surface area (Å²) in [5.41, 5.74) is 0.391. The van der Waals surface area contributed by atoms with E-state index in [1.165, 1.54) is 5.56 Å².